The first-order chi connectivity index (χ1) is 10.8. The molecule has 1 fully saturated rings. The average Bonchev–Trinajstić information content (AvgIpc) is 2.87. The van der Waals surface area contributed by atoms with Gasteiger partial charge in [0.25, 0.3) is 0 Å². The van der Waals surface area contributed by atoms with Crippen LogP contribution in [0.5, 0.6) is 5.75 Å². The molecule has 7 nitrogen and oxygen atoms in total. The molecule has 0 saturated carbocycles. The van der Waals surface area contributed by atoms with Crippen LogP contribution in [0.2, 0.25) is 0 Å². The van der Waals surface area contributed by atoms with Crippen molar-refractivity contribution in [1.82, 2.24) is 9.62 Å². The van der Waals surface area contributed by atoms with Crippen LogP contribution in [-0.4, -0.2) is 62.8 Å². The Bertz CT molecular complexity index is 642. The van der Waals surface area contributed by atoms with Crippen LogP contribution in [0.1, 0.15) is 5.56 Å². The second-order valence-electron chi connectivity index (χ2n) is 5.88. The van der Waals surface area contributed by atoms with E-state index < -0.39 is 10.0 Å². The summed E-state index contributed by atoms with van der Waals surface area (Å²) in [6, 6.07) is 6.08. The number of phenolic OH excluding ortho intramolecular Hbond substituents is 1. The summed E-state index contributed by atoms with van der Waals surface area (Å²) < 4.78 is 30.5. The number of ether oxygens (including phenoxy) is 1. The first-order valence-corrected chi connectivity index (χ1v) is 8.94. The van der Waals surface area contributed by atoms with Crippen molar-refractivity contribution in [1.29, 1.82) is 0 Å². The van der Waals surface area contributed by atoms with Crippen LogP contribution in [-0.2, 0) is 26.0 Å². The number of rotatable bonds is 6. The molecule has 2 rings (SSSR count). The van der Waals surface area contributed by atoms with E-state index in [1.165, 1.54) is 30.5 Å². The number of carbonyl (C=O) groups excluding carboxylic acids is 1. The van der Waals surface area contributed by atoms with E-state index in [0.717, 1.165) is 5.56 Å². The Balaban J connectivity index is 1.93. The zero-order valence-electron chi connectivity index (χ0n) is 13.2. The van der Waals surface area contributed by atoms with Crippen molar-refractivity contribution in [3.8, 4) is 5.75 Å². The third-order valence-corrected chi connectivity index (χ3v) is 5.79. The van der Waals surface area contributed by atoms with Crippen LogP contribution >= 0.6 is 0 Å². The molecule has 1 aromatic carbocycles. The number of carbonyl (C=O) groups is 1. The van der Waals surface area contributed by atoms with Crippen molar-refractivity contribution >= 4 is 15.9 Å². The van der Waals surface area contributed by atoms with E-state index in [9.17, 15) is 18.3 Å². The molecule has 0 bridgehead atoms. The lowest BCUT2D eigenvalue weighted by Crippen LogP contribution is -2.44. The zero-order chi connectivity index (χ0) is 17.0. The van der Waals surface area contributed by atoms with E-state index in [1.54, 1.807) is 12.1 Å². The van der Waals surface area contributed by atoms with Gasteiger partial charge in [-0.3, -0.25) is 4.79 Å². The van der Waals surface area contributed by atoms with Gasteiger partial charge in [-0.05, 0) is 17.7 Å². The summed E-state index contributed by atoms with van der Waals surface area (Å²) >= 11 is 0. The Kier molecular flexibility index (Phi) is 5.61. The summed E-state index contributed by atoms with van der Waals surface area (Å²) in [7, 11) is -0.360. The third-order valence-electron chi connectivity index (χ3n) is 3.83. The molecular formula is C15H22N2O5S. The van der Waals surface area contributed by atoms with Crippen molar-refractivity contribution in [3.63, 3.8) is 0 Å². The van der Waals surface area contributed by atoms with Crippen molar-refractivity contribution in [2.75, 3.05) is 33.1 Å². The highest BCUT2D eigenvalue weighted by Crippen LogP contribution is 2.17. The molecule has 2 atom stereocenters. The zero-order valence-corrected chi connectivity index (χ0v) is 14.0. The van der Waals surface area contributed by atoms with Crippen LogP contribution in [0.4, 0.5) is 0 Å². The predicted molar refractivity (Wildman–Crippen MR) is 85.5 cm³/mol. The number of sulfonamides is 1. The molecule has 1 amide bonds. The van der Waals surface area contributed by atoms with Crippen LogP contribution in [0.15, 0.2) is 24.3 Å². The fraction of sp³-hybridized carbons (Fsp3) is 0.533. The predicted octanol–water partition coefficient (Wildman–Crippen LogP) is -0.0427. The molecule has 1 heterocycles. The van der Waals surface area contributed by atoms with Crippen molar-refractivity contribution < 1.29 is 23.1 Å². The van der Waals surface area contributed by atoms with E-state index in [-0.39, 0.29) is 35.8 Å². The molecule has 0 aliphatic carbocycles. The molecule has 1 saturated heterocycles. The van der Waals surface area contributed by atoms with E-state index >= 15 is 0 Å². The highest BCUT2D eigenvalue weighted by Gasteiger charge is 2.34. The first kappa shape index (κ1) is 17.7. The summed E-state index contributed by atoms with van der Waals surface area (Å²) in [6.07, 6.45) is 0.171. The maximum Gasteiger partial charge on any atom is 0.224 e. The summed E-state index contributed by atoms with van der Waals surface area (Å²) in [5.41, 5.74) is 0.775. The van der Waals surface area contributed by atoms with Gasteiger partial charge in [0.15, 0.2) is 0 Å². The second kappa shape index (κ2) is 7.29. The first-order valence-electron chi connectivity index (χ1n) is 7.33. The molecule has 0 radical (unpaired) electrons. The number of phenols is 1. The Hall–Kier alpha value is -1.64. The molecule has 0 unspecified atom stereocenters. The summed E-state index contributed by atoms with van der Waals surface area (Å²) in [6.45, 7) is 0.631. The average molecular weight is 342 g/mol. The highest BCUT2D eigenvalue weighted by atomic mass is 32.2. The molecule has 0 spiro atoms. The van der Waals surface area contributed by atoms with Gasteiger partial charge in [0.05, 0.1) is 31.4 Å². The van der Waals surface area contributed by atoms with Crippen LogP contribution in [0, 0.1) is 5.92 Å². The largest absolute Gasteiger partial charge is 0.508 e. The molecule has 1 aliphatic heterocycles. The molecule has 1 aliphatic rings. The number of amides is 1. The smallest absolute Gasteiger partial charge is 0.224 e. The number of aromatic hydroxyl groups is 1. The SMILES string of the molecule is CN(C)S(=O)(=O)C[C@@H]1COC[C@H]1NC(=O)Cc1ccc(O)cc1. The minimum atomic E-state index is -3.34. The monoisotopic (exact) mass is 342 g/mol. The van der Waals surface area contributed by atoms with Crippen molar-refractivity contribution in [3.05, 3.63) is 29.8 Å². The lowest BCUT2D eigenvalue weighted by atomic mass is 10.1. The van der Waals surface area contributed by atoms with Crippen LogP contribution < -0.4 is 5.32 Å². The fourth-order valence-corrected chi connectivity index (χ4v) is 3.57. The van der Waals surface area contributed by atoms with E-state index in [4.69, 9.17) is 4.74 Å². The summed E-state index contributed by atoms with van der Waals surface area (Å²) in [4.78, 5) is 12.1. The quantitative estimate of drug-likeness (QED) is 0.756. The number of hydrogen-bond donors (Lipinski definition) is 2. The Morgan fingerprint density at radius 2 is 1.96 bits per heavy atom. The molecule has 8 heteroatoms. The fourth-order valence-electron chi connectivity index (χ4n) is 2.40. The van der Waals surface area contributed by atoms with Gasteiger partial charge in [-0.1, -0.05) is 12.1 Å². The third kappa shape index (κ3) is 4.92. The van der Waals surface area contributed by atoms with Gasteiger partial charge in [0.1, 0.15) is 5.75 Å². The van der Waals surface area contributed by atoms with E-state index in [0.29, 0.717) is 13.2 Å². The van der Waals surface area contributed by atoms with Crippen molar-refractivity contribution in [2.24, 2.45) is 5.92 Å². The van der Waals surface area contributed by atoms with Gasteiger partial charge in [-0.25, -0.2) is 12.7 Å². The number of hydrogen-bond acceptors (Lipinski definition) is 5. The van der Waals surface area contributed by atoms with Crippen LogP contribution in [0.25, 0.3) is 0 Å². The number of benzene rings is 1. The summed E-state index contributed by atoms with van der Waals surface area (Å²) in [5, 5.41) is 12.1. The maximum atomic E-state index is 12.1. The Labute approximate surface area is 136 Å². The standard InChI is InChI=1S/C15H22N2O5S/c1-17(2)23(20,21)10-12-8-22-9-14(12)16-15(19)7-11-3-5-13(18)6-4-11/h3-6,12,14,18H,7-10H2,1-2H3,(H,16,19)/t12-,14+/m0/s1. The normalized spacial score (nSPS) is 21.5. The highest BCUT2D eigenvalue weighted by molar-refractivity contribution is 7.89. The molecule has 128 valence electrons. The molecule has 0 aromatic heterocycles. The van der Waals surface area contributed by atoms with Crippen LogP contribution in [0.3, 0.4) is 0 Å². The Morgan fingerprint density at radius 3 is 2.57 bits per heavy atom. The molecule has 2 N–H and O–H groups in total. The lowest BCUT2D eigenvalue weighted by Gasteiger charge is -2.21. The Morgan fingerprint density at radius 1 is 1.30 bits per heavy atom. The van der Waals surface area contributed by atoms with E-state index in [1.807, 2.05) is 0 Å². The summed E-state index contributed by atoms with van der Waals surface area (Å²) in [5.74, 6) is -0.360. The molecular weight excluding hydrogens is 320 g/mol. The maximum absolute atomic E-state index is 12.1. The number of nitrogens with one attached hydrogen (secondary N) is 1. The molecule has 23 heavy (non-hydrogen) atoms. The van der Waals surface area contributed by atoms with Crippen molar-refractivity contribution in [2.45, 2.75) is 12.5 Å². The molecule has 1 aromatic rings. The second-order valence-corrected chi connectivity index (χ2v) is 8.10. The van der Waals surface area contributed by atoms with Gasteiger partial charge < -0.3 is 15.2 Å². The van der Waals surface area contributed by atoms with Gasteiger partial charge in [0, 0.05) is 20.0 Å². The van der Waals surface area contributed by atoms with E-state index in [2.05, 4.69) is 5.32 Å². The lowest BCUT2D eigenvalue weighted by molar-refractivity contribution is -0.121. The van der Waals surface area contributed by atoms with Gasteiger partial charge >= 0.3 is 0 Å². The number of nitrogens with zero attached hydrogens (tertiary/aromatic N) is 1. The van der Waals surface area contributed by atoms with Gasteiger partial charge in [0.2, 0.25) is 15.9 Å². The minimum absolute atomic E-state index is 0.0514. The van der Waals surface area contributed by atoms with Gasteiger partial charge in [-0.15, -0.1) is 0 Å². The topological polar surface area (TPSA) is 95.9 Å². The van der Waals surface area contributed by atoms with Gasteiger partial charge in [-0.2, -0.15) is 0 Å². The minimum Gasteiger partial charge on any atom is -0.508 e.